The molecule has 4 rings (SSSR count). The number of aliphatic hydroxyl groups excluding tert-OH is 2. The first-order valence-corrected chi connectivity index (χ1v) is 14.3. The average molecular weight is 608 g/mol. The Morgan fingerprint density at radius 1 is 0.775 bits per heavy atom. The summed E-state index contributed by atoms with van der Waals surface area (Å²) in [6, 6.07) is 2.48. The molecule has 226 valence electrons. The van der Waals surface area contributed by atoms with Gasteiger partial charge in [0, 0.05) is 36.4 Å². The van der Waals surface area contributed by atoms with Crippen molar-refractivity contribution in [1.82, 2.24) is 19.1 Å². The first kappa shape index (κ1) is 34.0. The van der Waals surface area contributed by atoms with Gasteiger partial charge < -0.3 is 19.7 Å². The molecule has 0 aromatic carbocycles. The van der Waals surface area contributed by atoms with Crippen molar-refractivity contribution in [3.8, 4) is 0 Å². The van der Waals surface area contributed by atoms with Gasteiger partial charge in [-0.25, -0.2) is 9.59 Å². The summed E-state index contributed by atoms with van der Waals surface area (Å²) in [5.41, 5.74) is -3.59. The van der Waals surface area contributed by atoms with Crippen LogP contribution in [0.2, 0.25) is 0 Å². The standard InChI is InChI=1S/2C12H17ClN2O4.C2H6/c2*1-3-12(6-16)7(2)9(13)10(19-12)15-5-4-8(17)14-11(15)18;1-2/h2*4-5,7,9-10,16H,3,6H2,1-2H3,(H,14,17,18);1-2H3/t7-,9+,10+,12+;7-,9+,10+,12-;/m00./s1. The van der Waals surface area contributed by atoms with E-state index < -0.39 is 56.9 Å². The van der Waals surface area contributed by atoms with Gasteiger partial charge in [-0.1, -0.05) is 41.5 Å². The lowest BCUT2D eigenvalue weighted by Crippen LogP contribution is -2.39. The van der Waals surface area contributed by atoms with Crippen molar-refractivity contribution in [2.75, 3.05) is 13.2 Å². The number of aliphatic hydroxyl groups is 2. The number of aromatic nitrogens is 4. The van der Waals surface area contributed by atoms with Crippen LogP contribution in [0, 0.1) is 11.8 Å². The van der Waals surface area contributed by atoms with Gasteiger partial charge in [0.15, 0.2) is 12.5 Å². The van der Waals surface area contributed by atoms with Crippen LogP contribution < -0.4 is 22.5 Å². The highest BCUT2D eigenvalue weighted by Gasteiger charge is 2.52. The molecule has 0 spiro atoms. The Morgan fingerprint density at radius 2 is 1.10 bits per heavy atom. The third kappa shape index (κ3) is 6.47. The lowest BCUT2D eigenvalue weighted by molar-refractivity contribution is -0.112. The molecule has 0 aliphatic carbocycles. The van der Waals surface area contributed by atoms with E-state index in [0.717, 1.165) is 0 Å². The quantitative estimate of drug-likeness (QED) is 0.361. The number of rotatable bonds is 6. The van der Waals surface area contributed by atoms with Crippen LogP contribution in [0.5, 0.6) is 0 Å². The van der Waals surface area contributed by atoms with E-state index in [1.807, 2.05) is 41.5 Å². The van der Waals surface area contributed by atoms with E-state index in [2.05, 4.69) is 9.97 Å². The van der Waals surface area contributed by atoms with E-state index >= 15 is 0 Å². The molecule has 0 radical (unpaired) electrons. The second kappa shape index (κ2) is 14.1. The van der Waals surface area contributed by atoms with Crippen LogP contribution in [-0.4, -0.2) is 64.5 Å². The van der Waals surface area contributed by atoms with Gasteiger partial charge >= 0.3 is 11.4 Å². The third-order valence-corrected chi connectivity index (χ3v) is 9.04. The van der Waals surface area contributed by atoms with Crippen molar-refractivity contribution in [1.29, 1.82) is 0 Å². The highest BCUT2D eigenvalue weighted by molar-refractivity contribution is 6.21. The fourth-order valence-electron chi connectivity index (χ4n) is 4.97. The fraction of sp³-hybridized carbons (Fsp3) is 0.692. The van der Waals surface area contributed by atoms with Crippen LogP contribution in [0.4, 0.5) is 0 Å². The van der Waals surface area contributed by atoms with Crippen molar-refractivity contribution in [3.05, 3.63) is 66.2 Å². The van der Waals surface area contributed by atoms with Crippen LogP contribution in [0.25, 0.3) is 0 Å². The number of alkyl halides is 2. The van der Waals surface area contributed by atoms with Crippen molar-refractivity contribution in [2.24, 2.45) is 11.8 Å². The van der Waals surface area contributed by atoms with E-state index in [0.29, 0.717) is 12.8 Å². The molecule has 14 heteroatoms. The molecule has 0 saturated carbocycles. The molecule has 40 heavy (non-hydrogen) atoms. The normalized spacial score (nSPS) is 33.0. The Kier molecular flexibility index (Phi) is 12.0. The van der Waals surface area contributed by atoms with E-state index in [1.54, 1.807) is 0 Å². The Bertz CT molecular complexity index is 1230. The highest BCUT2D eigenvalue weighted by Crippen LogP contribution is 2.46. The van der Waals surface area contributed by atoms with Gasteiger partial charge in [0.1, 0.15) is 0 Å². The Hall–Kier alpha value is -2.22. The molecule has 0 bridgehead atoms. The third-order valence-electron chi connectivity index (χ3n) is 7.85. The second-order valence-corrected chi connectivity index (χ2v) is 10.7. The van der Waals surface area contributed by atoms with E-state index in [1.165, 1.54) is 33.7 Å². The summed E-state index contributed by atoms with van der Waals surface area (Å²) >= 11 is 12.7. The molecule has 2 aliphatic heterocycles. The number of halogens is 2. The lowest BCUT2D eigenvalue weighted by atomic mass is 9.87. The van der Waals surface area contributed by atoms with Gasteiger partial charge in [-0.2, -0.15) is 0 Å². The molecule has 12 nitrogen and oxygen atoms in total. The van der Waals surface area contributed by atoms with Crippen LogP contribution in [-0.2, 0) is 9.47 Å². The number of hydrogen-bond donors (Lipinski definition) is 4. The molecule has 2 aromatic heterocycles. The van der Waals surface area contributed by atoms with Crippen molar-refractivity contribution < 1.29 is 19.7 Å². The lowest BCUT2D eigenvalue weighted by Gasteiger charge is -2.29. The summed E-state index contributed by atoms with van der Waals surface area (Å²) in [4.78, 5) is 50.0. The maximum Gasteiger partial charge on any atom is 0.330 e. The first-order valence-electron chi connectivity index (χ1n) is 13.4. The minimum absolute atomic E-state index is 0.118. The van der Waals surface area contributed by atoms with Crippen LogP contribution in [0.3, 0.4) is 0 Å². The summed E-state index contributed by atoms with van der Waals surface area (Å²) in [5, 5.41) is 18.2. The number of H-pyrrole nitrogens is 2. The van der Waals surface area contributed by atoms with Gasteiger partial charge in [0.25, 0.3) is 11.1 Å². The second-order valence-electron chi connectivity index (χ2n) is 9.67. The van der Waals surface area contributed by atoms with Crippen molar-refractivity contribution in [3.63, 3.8) is 0 Å². The predicted octanol–water partition coefficient (Wildman–Crippen LogP) is 1.93. The topological polar surface area (TPSA) is 169 Å². The SMILES string of the molecule is CC.CC[C@@]1(CO)O[C@@H](n2ccc(=O)[nH]c2=O)[C@H](Cl)[C@@H]1C.CC[C@]1(CO)O[C@@H](n2ccc(=O)[nH]c2=O)[C@H](Cl)[C@@H]1C. The molecule has 2 aromatic rings. The van der Waals surface area contributed by atoms with Crippen LogP contribution in [0.1, 0.15) is 66.8 Å². The van der Waals surface area contributed by atoms with Crippen LogP contribution in [0.15, 0.2) is 43.7 Å². The smallest absolute Gasteiger partial charge is 0.330 e. The largest absolute Gasteiger partial charge is 0.393 e. The molecule has 4 N–H and O–H groups in total. The zero-order chi connectivity index (χ0) is 30.4. The van der Waals surface area contributed by atoms with E-state index in [9.17, 15) is 29.4 Å². The summed E-state index contributed by atoms with van der Waals surface area (Å²) in [7, 11) is 0. The fourth-order valence-corrected chi connectivity index (χ4v) is 5.78. The zero-order valence-corrected chi connectivity index (χ0v) is 25.1. The van der Waals surface area contributed by atoms with Gasteiger partial charge in [-0.3, -0.25) is 28.7 Å². The number of ether oxygens (including phenoxy) is 2. The van der Waals surface area contributed by atoms with E-state index in [-0.39, 0.29) is 25.0 Å². The highest BCUT2D eigenvalue weighted by atomic mass is 35.5. The maximum atomic E-state index is 11.8. The van der Waals surface area contributed by atoms with Crippen LogP contribution >= 0.6 is 23.2 Å². The molecule has 2 fully saturated rings. The van der Waals surface area contributed by atoms with Gasteiger partial charge in [0.2, 0.25) is 0 Å². The van der Waals surface area contributed by atoms with Crippen molar-refractivity contribution in [2.45, 2.75) is 88.8 Å². The molecule has 0 amide bonds. The van der Waals surface area contributed by atoms with Gasteiger partial charge in [-0.05, 0) is 12.8 Å². The Morgan fingerprint density at radius 3 is 1.32 bits per heavy atom. The molecular formula is C26H40Cl2N4O8. The number of nitrogens with zero attached hydrogens (tertiary/aromatic N) is 2. The molecule has 2 saturated heterocycles. The summed E-state index contributed by atoms with van der Waals surface area (Å²) < 4.78 is 14.2. The number of nitrogens with one attached hydrogen (secondary N) is 2. The summed E-state index contributed by atoms with van der Waals surface area (Å²) in [6.45, 7) is 11.2. The summed E-state index contributed by atoms with van der Waals surface area (Å²) in [6.07, 6.45) is 2.49. The first-order chi connectivity index (χ1) is 18.9. The van der Waals surface area contributed by atoms with Gasteiger partial charge in [-0.15, -0.1) is 23.2 Å². The van der Waals surface area contributed by atoms with Crippen molar-refractivity contribution >= 4 is 23.2 Å². The number of aromatic amines is 2. The molecule has 0 unspecified atom stereocenters. The Labute approximate surface area is 241 Å². The molecule has 2 aliphatic rings. The van der Waals surface area contributed by atoms with Gasteiger partial charge in [0.05, 0.1) is 35.2 Å². The number of hydrogen-bond acceptors (Lipinski definition) is 8. The summed E-state index contributed by atoms with van der Waals surface area (Å²) in [5.74, 6) is -0.235. The monoisotopic (exact) mass is 606 g/mol. The molecular weight excluding hydrogens is 567 g/mol. The predicted molar refractivity (Wildman–Crippen MR) is 152 cm³/mol. The minimum atomic E-state index is -0.757. The molecule has 4 heterocycles. The Balaban J connectivity index is 0.000000264. The molecule has 8 atom stereocenters. The average Bonchev–Trinajstić information content (AvgIpc) is 3.35. The maximum absolute atomic E-state index is 11.8. The van der Waals surface area contributed by atoms with E-state index in [4.69, 9.17) is 32.7 Å². The minimum Gasteiger partial charge on any atom is -0.393 e. The zero-order valence-electron chi connectivity index (χ0n) is 23.6.